The molecule has 4 bridgehead atoms. The Morgan fingerprint density at radius 1 is 0.979 bits per heavy atom. The van der Waals surface area contributed by atoms with Crippen molar-refractivity contribution in [3.8, 4) is 0 Å². The average Bonchev–Trinajstić information content (AvgIpc) is 3.61. The van der Waals surface area contributed by atoms with Gasteiger partial charge in [-0.15, -0.1) is 0 Å². The first-order chi connectivity index (χ1) is 22.5. The van der Waals surface area contributed by atoms with Crippen LogP contribution >= 0.6 is 0 Å². The highest BCUT2D eigenvalue weighted by Crippen LogP contribution is 2.77. The SMILES string of the molecule is C=C1C[C@]23C[C@@]1(O)CC[C@H]2[C@@]12C=C[C@H](O)[C@](C)(C(=O)O1)[C@H]2[C@@H]3C(=O)O.CC(=O)[C@H]1CC[C@H]2[C@@H]3CCC4=CC(=O)CC[C@]4(C)[C@H]3CC[C@]12C. The number of esters is 1. The molecule has 9 rings (SSSR count). The van der Waals surface area contributed by atoms with E-state index in [9.17, 15) is 34.5 Å². The molecule has 3 N–H and O–H groups in total. The fourth-order valence-electron chi connectivity index (χ4n) is 14.4. The Bertz CT molecular complexity index is 1590. The van der Waals surface area contributed by atoms with Crippen LogP contribution in [0, 0.1) is 63.1 Å². The molecule has 1 heterocycles. The molecular formula is C40H52O8. The number of hydrogen-bond donors (Lipinski definition) is 3. The molecule has 0 aromatic carbocycles. The Labute approximate surface area is 283 Å². The van der Waals surface area contributed by atoms with Gasteiger partial charge in [-0.3, -0.25) is 19.2 Å². The molecule has 0 radical (unpaired) electrons. The van der Waals surface area contributed by atoms with Crippen molar-refractivity contribution in [2.45, 2.75) is 122 Å². The maximum Gasteiger partial charge on any atom is 0.316 e. The summed E-state index contributed by atoms with van der Waals surface area (Å²) in [6.45, 7) is 12.3. The maximum absolute atomic E-state index is 12.7. The Hall–Kier alpha value is -2.58. The molecule has 1 saturated heterocycles. The van der Waals surface area contributed by atoms with Crippen molar-refractivity contribution in [3.63, 3.8) is 0 Å². The number of fused-ring (bicyclic) bond motifs is 6. The number of aliphatic carboxylic acids is 1. The highest BCUT2D eigenvalue weighted by atomic mass is 16.6. The number of Topliss-reactive ketones (excluding diaryl/α,β-unsaturated/α-hetero) is 1. The molecule has 7 fully saturated rings. The van der Waals surface area contributed by atoms with Crippen LogP contribution in [0.5, 0.6) is 0 Å². The van der Waals surface area contributed by atoms with Crippen molar-refractivity contribution in [1.82, 2.24) is 0 Å². The van der Waals surface area contributed by atoms with Crippen molar-refractivity contribution >= 4 is 23.5 Å². The molecule has 260 valence electrons. The molecule has 9 aliphatic rings. The van der Waals surface area contributed by atoms with Crippen LogP contribution in [0.1, 0.15) is 105 Å². The second kappa shape index (κ2) is 10.0. The van der Waals surface area contributed by atoms with E-state index < -0.39 is 51.9 Å². The van der Waals surface area contributed by atoms with Crippen molar-refractivity contribution in [1.29, 1.82) is 0 Å². The summed E-state index contributed by atoms with van der Waals surface area (Å²) < 4.78 is 5.87. The summed E-state index contributed by atoms with van der Waals surface area (Å²) in [5.74, 6) is 0.109. The van der Waals surface area contributed by atoms with E-state index in [1.165, 1.54) is 31.3 Å². The predicted molar refractivity (Wildman–Crippen MR) is 176 cm³/mol. The fraction of sp³-hybridized carbons (Fsp3) is 0.750. The van der Waals surface area contributed by atoms with E-state index in [4.69, 9.17) is 4.74 Å². The molecule has 1 spiro atoms. The summed E-state index contributed by atoms with van der Waals surface area (Å²) in [6, 6.07) is 0. The van der Waals surface area contributed by atoms with Gasteiger partial charge >= 0.3 is 11.9 Å². The van der Waals surface area contributed by atoms with Crippen molar-refractivity contribution in [2.75, 3.05) is 0 Å². The molecule has 1 aliphatic heterocycles. The normalized spacial score (nSPS) is 53.7. The summed E-state index contributed by atoms with van der Waals surface area (Å²) in [6.07, 6.45) is 15.1. The highest BCUT2D eigenvalue weighted by Gasteiger charge is 2.83. The number of carboxylic acids is 1. The minimum Gasteiger partial charge on any atom is -0.481 e. The Morgan fingerprint density at radius 3 is 2.44 bits per heavy atom. The quantitative estimate of drug-likeness (QED) is 0.252. The van der Waals surface area contributed by atoms with Gasteiger partial charge < -0.3 is 20.1 Å². The summed E-state index contributed by atoms with van der Waals surface area (Å²) >= 11 is 0. The molecule has 8 heteroatoms. The lowest BCUT2D eigenvalue weighted by Gasteiger charge is -2.58. The topological polar surface area (TPSA) is 138 Å². The molecule has 14 atom stereocenters. The molecule has 8 aliphatic carbocycles. The summed E-state index contributed by atoms with van der Waals surface area (Å²) in [4.78, 5) is 49.1. The third kappa shape index (κ3) is 3.80. The van der Waals surface area contributed by atoms with E-state index in [-0.39, 0.29) is 16.7 Å². The first-order valence-electron chi connectivity index (χ1n) is 18.5. The summed E-state index contributed by atoms with van der Waals surface area (Å²) in [5, 5.41) is 31.6. The van der Waals surface area contributed by atoms with Gasteiger partial charge in [-0.1, -0.05) is 32.1 Å². The number of aliphatic hydroxyl groups is 2. The van der Waals surface area contributed by atoms with Crippen molar-refractivity contribution < 1.29 is 39.2 Å². The van der Waals surface area contributed by atoms with E-state index in [0.29, 0.717) is 48.7 Å². The van der Waals surface area contributed by atoms with Crippen LogP contribution in [0.2, 0.25) is 0 Å². The van der Waals surface area contributed by atoms with E-state index in [1.54, 1.807) is 26.0 Å². The number of aliphatic hydroxyl groups excluding tert-OH is 1. The third-order valence-electron chi connectivity index (χ3n) is 16.6. The lowest BCUT2D eigenvalue weighted by molar-refractivity contribution is -0.163. The number of ketones is 2. The lowest BCUT2D eigenvalue weighted by atomic mass is 9.47. The van der Waals surface area contributed by atoms with Crippen molar-refractivity contribution in [2.24, 2.45) is 63.1 Å². The lowest BCUT2D eigenvalue weighted by Crippen LogP contribution is -2.51. The zero-order valence-electron chi connectivity index (χ0n) is 28.9. The van der Waals surface area contributed by atoms with Crippen LogP contribution in [0.25, 0.3) is 0 Å². The van der Waals surface area contributed by atoms with Gasteiger partial charge in [0, 0.05) is 24.2 Å². The monoisotopic (exact) mass is 660 g/mol. The fourth-order valence-corrected chi connectivity index (χ4v) is 14.4. The minimum atomic E-state index is -1.27. The highest BCUT2D eigenvalue weighted by molar-refractivity contribution is 5.91. The second-order valence-electron chi connectivity index (χ2n) is 18.2. The minimum absolute atomic E-state index is 0.180. The van der Waals surface area contributed by atoms with Crippen LogP contribution in [0.15, 0.2) is 36.0 Å². The number of carbonyl (C=O) groups is 4. The van der Waals surface area contributed by atoms with E-state index in [1.807, 2.05) is 6.08 Å². The van der Waals surface area contributed by atoms with Gasteiger partial charge in [-0.25, -0.2) is 0 Å². The Morgan fingerprint density at radius 2 is 1.73 bits per heavy atom. The smallest absolute Gasteiger partial charge is 0.316 e. The summed E-state index contributed by atoms with van der Waals surface area (Å²) in [5.41, 5.74) is -1.35. The standard InChI is InChI=1S/C21H30O2.C19H22O6/c1-13(22)17-6-7-18-16-5-4-14-12-15(23)8-10-20(14,2)19(16)9-11-21(17,18)3;1-9-7-17-8-18(9,24)5-3-10(17)19-6-4-11(20)16(2,15(23)25-19)13(19)12(17)14(21)22/h12,16-19H,4-11H2,1-3H3;4,6,10-13,20,24H,1,3,5,7-8H2,2H3,(H,21,22)/t16-,17+,18-,19-,20-,21+;10-,11+,12-,13-,16+,17+,18+,19-/m01/s1. The molecule has 0 amide bonds. The van der Waals surface area contributed by atoms with Gasteiger partial charge in [0.05, 0.1) is 17.6 Å². The number of rotatable bonds is 2. The van der Waals surface area contributed by atoms with E-state index in [2.05, 4.69) is 20.4 Å². The molecular weight excluding hydrogens is 608 g/mol. The number of ether oxygens (including phenoxy) is 1. The first kappa shape index (κ1) is 32.6. The van der Waals surface area contributed by atoms with Gasteiger partial charge in [-0.2, -0.15) is 0 Å². The molecule has 8 nitrogen and oxygen atoms in total. The Kier molecular flexibility index (Phi) is 6.81. The first-order valence-corrected chi connectivity index (χ1v) is 18.5. The van der Waals surface area contributed by atoms with Gasteiger partial charge in [0.15, 0.2) is 5.78 Å². The van der Waals surface area contributed by atoms with Gasteiger partial charge in [0.25, 0.3) is 0 Å². The summed E-state index contributed by atoms with van der Waals surface area (Å²) in [7, 11) is 0. The molecule has 0 aromatic heterocycles. The largest absolute Gasteiger partial charge is 0.481 e. The number of carbonyl (C=O) groups excluding carboxylic acids is 3. The third-order valence-corrected chi connectivity index (χ3v) is 16.6. The van der Waals surface area contributed by atoms with Crippen LogP contribution < -0.4 is 0 Å². The van der Waals surface area contributed by atoms with Crippen LogP contribution in [-0.2, 0) is 23.9 Å². The second-order valence-corrected chi connectivity index (χ2v) is 18.2. The maximum atomic E-state index is 12.7. The van der Waals surface area contributed by atoms with Gasteiger partial charge in [-0.05, 0) is 136 Å². The molecule has 0 aromatic rings. The number of carboxylic acid groups (broad SMARTS) is 1. The average molecular weight is 661 g/mol. The molecule has 48 heavy (non-hydrogen) atoms. The molecule has 0 unspecified atom stereocenters. The Balaban J connectivity index is 0.000000141. The molecule has 6 saturated carbocycles. The van der Waals surface area contributed by atoms with E-state index in [0.717, 1.165) is 43.4 Å². The number of allylic oxidation sites excluding steroid dienone is 1. The predicted octanol–water partition coefficient (Wildman–Crippen LogP) is 5.75. The zero-order chi connectivity index (χ0) is 34.4. The van der Waals surface area contributed by atoms with Crippen LogP contribution in [0.4, 0.5) is 0 Å². The van der Waals surface area contributed by atoms with Crippen molar-refractivity contribution in [3.05, 3.63) is 36.0 Å². The van der Waals surface area contributed by atoms with Gasteiger partial charge in [0.2, 0.25) is 0 Å². The number of hydrogen-bond acceptors (Lipinski definition) is 7. The zero-order valence-corrected chi connectivity index (χ0v) is 28.9. The van der Waals surface area contributed by atoms with E-state index >= 15 is 0 Å². The van der Waals surface area contributed by atoms with Gasteiger partial charge in [0.1, 0.15) is 16.8 Å². The van der Waals surface area contributed by atoms with Crippen LogP contribution in [0.3, 0.4) is 0 Å². The van der Waals surface area contributed by atoms with Crippen LogP contribution in [-0.4, -0.2) is 56.1 Å².